The first-order chi connectivity index (χ1) is 3.27. The summed E-state index contributed by atoms with van der Waals surface area (Å²) in [5, 5.41) is 18.9. The second-order valence-electron chi connectivity index (χ2n) is 1.38. The van der Waals surface area contributed by atoms with Gasteiger partial charge in [-0.15, -0.1) is 5.16 Å². The summed E-state index contributed by atoms with van der Waals surface area (Å²) in [7, 11) is 0. The predicted octanol–water partition coefficient (Wildman–Crippen LogP) is 0.217. The normalized spacial score (nSPS) is 15.1. The van der Waals surface area contributed by atoms with Crippen LogP contribution in [0.4, 0.5) is 0 Å². The molecule has 3 heteroatoms. The average Bonchev–Trinajstić information content (AvgIpc) is 1.61. The molecule has 0 aliphatic heterocycles. The fourth-order valence-corrected chi connectivity index (χ4v) is 0.200. The Morgan fingerprint density at radius 2 is 2.43 bits per heavy atom. The molecule has 0 amide bonds. The molecule has 0 saturated heterocycles. The molecule has 42 valence electrons. The van der Waals surface area contributed by atoms with Gasteiger partial charge in [-0.2, -0.15) is 0 Å². The van der Waals surface area contributed by atoms with Gasteiger partial charge in [-0.1, -0.05) is 0 Å². The van der Waals surface area contributed by atoms with Crippen LogP contribution in [0.25, 0.3) is 0 Å². The molecule has 0 bridgehead atoms. The third kappa shape index (κ3) is 5.43. The molecule has 3 nitrogen and oxygen atoms in total. The molecule has 0 spiro atoms. The first-order valence-corrected chi connectivity index (χ1v) is 2.11. The summed E-state index contributed by atoms with van der Waals surface area (Å²) >= 11 is 0. The van der Waals surface area contributed by atoms with E-state index in [2.05, 4.69) is 5.16 Å². The Balaban J connectivity index is 2.97. The number of aliphatic hydroxyl groups is 1. The second-order valence-corrected chi connectivity index (χ2v) is 1.38. The Bertz CT molecular complexity index is 60.7. The Hall–Kier alpha value is -0.570. The summed E-state index contributed by atoms with van der Waals surface area (Å²) in [5.41, 5.74) is 0. The fourth-order valence-electron chi connectivity index (χ4n) is 0.200. The van der Waals surface area contributed by atoms with Gasteiger partial charge in [0.2, 0.25) is 0 Å². The molecule has 7 heavy (non-hydrogen) atoms. The van der Waals surface area contributed by atoms with E-state index in [0.29, 0.717) is 6.42 Å². The Morgan fingerprint density at radius 3 is 2.57 bits per heavy atom. The number of oxime groups is 1. The molecule has 1 unspecified atom stereocenters. The molecule has 0 aromatic carbocycles. The van der Waals surface area contributed by atoms with Gasteiger partial charge in [-0.05, 0) is 6.92 Å². The van der Waals surface area contributed by atoms with Crippen molar-refractivity contribution in [3.05, 3.63) is 0 Å². The standard InChI is InChI=1S/C4H9NO2/c1-4(6)2-3-5-7/h3-4,6-7H,2H2,1H3. The minimum Gasteiger partial charge on any atom is -0.411 e. The van der Waals surface area contributed by atoms with Crippen LogP contribution in [0.3, 0.4) is 0 Å². The van der Waals surface area contributed by atoms with E-state index >= 15 is 0 Å². The minimum absolute atomic E-state index is 0.407. The van der Waals surface area contributed by atoms with E-state index in [1.54, 1.807) is 6.92 Å². The molecular weight excluding hydrogens is 94.0 g/mol. The van der Waals surface area contributed by atoms with Gasteiger partial charge in [0.05, 0.1) is 6.10 Å². The topological polar surface area (TPSA) is 52.8 Å². The quantitative estimate of drug-likeness (QED) is 0.298. The zero-order valence-corrected chi connectivity index (χ0v) is 4.20. The van der Waals surface area contributed by atoms with Crippen molar-refractivity contribution >= 4 is 6.21 Å². The van der Waals surface area contributed by atoms with Crippen molar-refractivity contribution in [2.45, 2.75) is 19.4 Å². The van der Waals surface area contributed by atoms with Crippen LogP contribution < -0.4 is 0 Å². The van der Waals surface area contributed by atoms with Crippen molar-refractivity contribution in [3.8, 4) is 0 Å². The predicted molar refractivity (Wildman–Crippen MR) is 26.6 cm³/mol. The van der Waals surface area contributed by atoms with Gasteiger partial charge < -0.3 is 10.3 Å². The van der Waals surface area contributed by atoms with E-state index in [-0.39, 0.29) is 0 Å². The second kappa shape index (κ2) is 3.61. The molecule has 0 radical (unpaired) electrons. The molecule has 0 aromatic heterocycles. The lowest BCUT2D eigenvalue weighted by Gasteiger charge is -1.92. The van der Waals surface area contributed by atoms with Crippen molar-refractivity contribution in [1.82, 2.24) is 0 Å². The van der Waals surface area contributed by atoms with Crippen LogP contribution in [0.2, 0.25) is 0 Å². The SMILES string of the molecule is CC(O)CC=NO. The molecule has 0 rings (SSSR count). The van der Waals surface area contributed by atoms with Crippen LogP contribution in [0.1, 0.15) is 13.3 Å². The van der Waals surface area contributed by atoms with Crippen molar-refractivity contribution in [2.24, 2.45) is 5.16 Å². The van der Waals surface area contributed by atoms with Crippen LogP contribution in [0, 0.1) is 0 Å². The number of hydrogen-bond donors (Lipinski definition) is 2. The van der Waals surface area contributed by atoms with Crippen LogP contribution in [-0.2, 0) is 0 Å². The van der Waals surface area contributed by atoms with Gasteiger partial charge in [0.1, 0.15) is 0 Å². The molecular formula is C4H9NO2. The first kappa shape index (κ1) is 6.43. The molecule has 0 aliphatic carbocycles. The molecule has 1 atom stereocenters. The number of nitrogens with zero attached hydrogens (tertiary/aromatic N) is 1. The third-order valence-electron chi connectivity index (χ3n) is 0.528. The van der Waals surface area contributed by atoms with E-state index in [4.69, 9.17) is 10.3 Å². The smallest absolute Gasteiger partial charge is 0.0562 e. The van der Waals surface area contributed by atoms with E-state index in [1.807, 2.05) is 0 Å². The highest BCUT2D eigenvalue weighted by molar-refractivity contribution is 5.56. The minimum atomic E-state index is -0.407. The maximum atomic E-state index is 8.48. The van der Waals surface area contributed by atoms with Gasteiger partial charge >= 0.3 is 0 Å². The summed E-state index contributed by atoms with van der Waals surface area (Å²) < 4.78 is 0. The lowest BCUT2D eigenvalue weighted by Crippen LogP contribution is -1.98. The van der Waals surface area contributed by atoms with E-state index in [0.717, 1.165) is 0 Å². The summed E-state index contributed by atoms with van der Waals surface area (Å²) in [6, 6.07) is 0. The maximum Gasteiger partial charge on any atom is 0.0562 e. The molecule has 0 aromatic rings. The lowest BCUT2D eigenvalue weighted by molar-refractivity contribution is 0.202. The van der Waals surface area contributed by atoms with E-state index in [1.165, 1.54) is 6.21 Å². The van der Waals surface area contributed by atoms with Gasteiger partial charge in [0, 0.05) is 12.6 Å². The van der Waals surface area contributed by atoms with Gasteiger partial charge in [-0.25, -0.2) is 0 Å². The summed E-state index contributed by atoms with van der Waals surface area (Å²) in [4.78, 5) is 0. The van der Waals surface area contributed by atoms with Crippen molar-refractivity contribution in [2.75, 3.05) is 0 Å². The maximum absolute atomic E-state index is 8.48. The molecule has 0 heterocycles. The van der Waals surface area contributed by atoms with Gasteiger partial charge in [0.15, 0.2) is 0 Å². The Labute approximate surface area is 42.3 Å². The largest absolute Gasteiger partial charge is 0.411 e. The van der Waals surface area contributed by atoms with Crippen molar-refractivity contribution in [3.63, 3.8) is 0 Å². The molecule has 0 saturated carbocycles. The number of rotatable bonds is 2. The highest BCUT2D eigenvalue weighted by atomic mass is 16.4. The Morgan fingerprint density at radius 1 is 1.86 bits per heavy atom. The van der Waals surface area contributed by atoms with Gasteiger partial charge in [0.25, 0.3) is 0 Å². The highest BCUT2D eigenvalue weighted by Crippen LogP contribution is 1.81. The van der Waals surface area contributed by atoms with Gasteiger partial charge in [-0.3, -0.25) is 0 Å². The number of hydrogen-bond acceptors (Lipinski definition) is 3. The van der Waals surface area contributed by atoms with Crippen molar-refractivity contribution in [1.29, 1.82) is 0 Å². The molecule has 0 aliphatic rings. The third-order valence-corrected chi connectivity index (χ3v) is 0.528. The zero-order valence-electron chi connectivity index (χ0n) is 4.20. The van der Waals surface area contributed by atoms with Crippen LogP contribution in [-0.4, -0.2) is 22.6 Å². The Kier molecular flexibility index (Phi) is 3.32. The summed E-state index contributed by atoms with van der Waals surface area (Å²) in [6.07, 6.45) is 1.26. The summed E-state index contributed by atoms with van der Waals surface area (Å²) in [6.45, 7) is 1.63. The monoisotopic (exact) mass is 103 g/mol. The van der Waals surface area contributed by atoms with Crippen LogP contribution in [0.5, 0.6) is 0 Å². The van der Waals surface area contributed by atoms with E-state index < -0.39 is 6.10 Å². The van der Waals surface area contributed by atoms with E-state index in [9.17, 15) is 0 Å². The lowest BCUT2D eigenvalue weighted by atomic mass is 10.3. The van der Waals surface area contributed by atoms with Crippen LogP contribution >= 0.6 is 0 Å². The molecule has 2 N–H and O–H groups in total. The number of aliphatic hydroxyl groups excluding tert-OH is 1. The average molecular weight is 103 g/mol. The van der Waals surface area contributed by atoms with Crippen molar-refractivity contribution < 1.29 is 10.3 Å². The van der Waals surface area contributed by atoms with Crippen LogP contribution in [0.15, 0.2) is 5.16 Å². The first-order valence-electron chi connectivity index (χ1n) is 2.11. The zero-order chi connectivity index (χ0) is 5.70. The molecule has 0 fully saturated rings. The summed E-state index contributed by atoms with van der Waals surface area (Å²) in [5.74, 6) is 0. The fraction of sp³-hybridized carbons (Fsp3) is 0.750. The highest BCUT2D eigenvalue weighted by Gasteiger charge is 1.87.